The van der Waals surface area contributed by atoms with Crippen LogP contribution in [0.15, 0.2) is 84.9 Å². The molecule has 2 aromatic heterocycles. The van der Waals surface area contributed by atoms with E-state index < -0.39 is 0 Å². The Balaban J connectivity index is 1.36. The summed E-state index contributed by atoms with van der Waals surface area (Å²) >= 11 is 0. The minimum absolute atomic E-state index is 0.0145. The fourth-order valence-electron chi connectivity index (χ4n) is 4.36. The fourth-order valence-corrected chi connectivity index (χ4v) is 4.36. The average molecular weight is 408 g/mol. The summed E-state index contributed by atoms with van der Waals surface area (Å²) in [5, 5.41) is 5.44. The van der Waals surface area contributed by atoms with Crippen molar-refractivity contribution in [1.29, 1.82) is 0 Å². The van der Waals surface area contributed by atoms with Crippen molar-refractivity contribution in [1.82, 2.24) is 9.13 Å². The van der Waals surface area contributed by atoms with Gasteiger partial charge in [0.15, 0.2) is 0 Å². The molecule has 2 heterocycles. The molecule has 4 heteroatoms. The highest BCUT2D eigenvalue weighted by Crippen LogP contribution is 2.26. The molecular weight excluding hydrogens is 382 g/mol. The third-order valence-electron chi connectivity index (χ3n) is 5.95. The first-order chi connectivity index (χ1) is 15.1. The van der Waals surface area contributed by atoms with Gasteiger partial charge in [0.2, 0.25) is 5.91 Å². The summed E-state index contributed by atoms with van der Waals surface area (Å²) < 4.78 is 4.37. The van der Waals surface area contributed by atoms with Gasteiger partial charge in [-0.25, -0.2) is 0 Å². The predicted molar refractivity (Wildman–Crippen MR) is 128 cm³/mol. The molecule has 0 atom stereocenters. The van der Waals surface area contributed by atoms with Gasteiger partial charge in [0.05, 0.1) is 11.9 Å². The quantitative estimate of drug-likeness (QED) is 0.389. The lowest BCUT2D eigenvalue weighted by Gasteiger charge is -2.12. The predicted octanol–water partition coefficient (Wildman–Crippen LogP) is 5.87. The molecule has 0 aliphatic carbocycles. The number of benzene rings is 3. The van der Waals surface area contributed by atoms with Crippen molar-refractivity contribution in [2.24, 2.45) is 7.05 Å². The van der Waals surface area contributed by atoms with Crippen molar-refractivity contribution < 1.29 is 4.79 Å². The van der Waals surface area contributed by atoms with E-state index in [1.54, 1.807) is 0 Å². The number of hydrogen-bond acceptors (Lipinski definition) is 1. The lowest BCUT2D eigenvalue weighted by atomic mass is 10.2. The number of para-hydroxylation sites is 2. The number of rotatable bonds is 5. The van der Waals surface area contributed by atoms with Crippen molar-refractivity contribution in [3.63, 3.8) is 0 Å². The van der Waals surface area contributed by atoms with Crippen LogP contribution in [0.5, 0.6) is 0 Å². The molecule has 0 unspecified atom stereocenters. The average Bonchev–Trinajstić information content (AvgIpc) is 3.32. The normalized spacial score (nSPS) is 11.3. The largest absolute Gasteiger partial charge is 0.347 e. The van der Waals surface area contributed by atoms with Crippen molar-refractivity contribution in [2.45, 2.75) is 19.8 Å². The van der Waals surface area contributed by atoms with Gasteiger partial charge in [0.25, 0.3) is 0 Å². The number of aryl methyl sites for hydroxylation is 2. The first-order valence-electron chi connectivity index (χ1n) is 10.7. The molecule has 0 saturated carbocycles. The molecular formula is C27H25N3O. The summed E-state index contributed by atoms with van der Waals surface area (Å²) in [6.07, 6.45) is 1.30. The molecule has 0 fully saturated rings. The van der Waals surface area contributed by atoms with Gasteiger partial charge in [-0.05, 0) is 60.3 Å². The third kappa shape index (κ3) is 3.50. The lowest BCUT2D eigenvalue weighted by Crippen LogP contribution is -2.16. The molecule has 3 aromatic carbocycles. The summed E-state index contributed by atoms with van der Waals surface area (Å²) in [7, 11) is 2.01. The Morgan fingerprint density at radius 3 is 2.10 bits per heavy atom. The van der Waals surface area contributed by atoms with Gasteiger partial charge >= 0.3 is 0 Å². The molecule has 0 radical (unpaired) electrons. The summed E-state index contributed by atoms with van der Waals surface area (Å²) in [5.74, 6) is -0.0145. The highest BCUT2D eigenvalue weighted by Gasteiger charge is 2.12. The third-order valence-corrected chi connectivity index (χ3v) is 5.95. The highest BCUT2D eigenvalue weighted by molar-refractivity contribution is 5.93. The van der Waals surface area contributed by atoms with E-state index in [0.717, 1.165) is 34.4 Å². The van der Waals surface area contributed by atoms with Crippen LogP contribution in [0, 0.1) is 0 Å². The van der Waals surface area contributed by atoms with Crippen LogP contribution in [0.1, 0.15) is 18.3 Å². The van der Waals surface area contributed by atoms with Crippen LogP contribution >= 0.6 is 0 Å². The van der Waals surface area contributed by atoms with Gasteiger partial charge in [-0.1, -0.05) is 43.3 Å². The SMILES string of the molecule is CCc1cc2ccccc2n1-c1ccc(NC(=O)Cc2cc3ccccc3n2C)cc1. The van der Waals surface area contributed by atoms with E-state index in [1.807, 2.05) is 31.3 Å². The number of anilines is 1. The molecule has 31 heavy (non-hydrogen) atoms. The van der Waals surface area contributed by atoms with Crippen LogP contribution in [0.2, 0.25) is 0 Å². The van der Waals surface area contributed by atoms with Gasteiger partial charge < -0.3 is 14.5 Å². The molecule has 0 spiro atoms. The van der Waals surface area contributed by atoms with E-state index >= 15 is 0 Å². The number of carbonyl (C=O) groups excluding carboxylic acids is 1. The zero-order valence-corrected chi connectivity index (χ0v) is 17.8. The van der Waals surface area contributed by atoms with E-state index in [-0.39, 0.29) is 5.91 Å². The van der Waals surface area contributed by atoms with E-state index in [9.17, 15) is 4.79 Å². The van der Waals surface area contributed by atoms with Gasteiger partial charge in [-0.2, -0.15) is 0 Å². The van der Waals surface area contributed by atoms with E-state index in [4.69, 9.17) is 0 Å². The summed E-state index contributed by atoms with van der Waals surface area (Å²) in [6.45, 7) is 2.17. The molecule has 0 aliphatic rings. The Kier molecular flexibility index (Phi) is 4.83. The van der Waals surface area contributed by atoms with Crippen LogP contribution < -0.4 is 5.32 Å². The van der Waals surface area contributed by atoms with Crippen LogP contribution in [-0.4, -0.2) is 15.0 Å². The topological polar surface area (TPSA) is 39.0 Å². The number of nitrogens with one attached hydrogen (secondary N) is 1. The molecule has 0 aliphatic heterocycles. The standard InChI is InChI=1S/C27H25N3O/c1-3-22-16-20-9-5-7-11-26(20)30(22)23-14-12-21(13-15-23)28-27(31)18-24-17-19-8-4-6-10-25(19)29(24)2/h4-17H,3,18H2,1-2H3,(H,28,31). The molecule has 1 amide bonds. The highest BCUT2D eigenvalue weighted by atomic mass is 16.1. The molecule has 0 saturated heterocycles. The summed E-state index contributed by atoms with van der Waals surface area (Å²) in [6, 6.07) is 29.0. The Labute approximate surface area is 181 Å². The molecule has 0 bridgehead atoms. The number of nitrogens with zero attached hydrogens (tertiary/aromatic N) is 2. The van der Waals surface area contributed by atoms with Crippen molar-refractivity contribution in [3.8, 4) is 5.69 Å². The zero-order chi connectivity index (χ0) is 21.4. The Hall–Kier alpha value is -3.79. The maximum atomic E-state index is 12.7. The van der Waals surface area contributed by atoms with Gasteiger partial charge in [0, 0.05) is 40.7 Å². The number of hydrogen-bond donors (Lipinski definition) is 1. The second-order valence-corrected chi connectivity index (χ2v) is 7.91. The molecule has 5 rings (SSSR count). The van der Waals surface area contributed by atoms with E-state index in [0.29, 0.717) is 6.42 Å². The monoisotopic (exact) mass is 407 g/mol. The number of amides is 1. The number of carbonyl (C=O) groups is 1. The van der Waals surface area contributed by atoms with Crippen LogP contribution in [0.25, 0.3) is 27.5 Å². The maximum Gasteiger partial charge on any atom is 0.230 e. The second-order valence-electron chi connectivity index (χ2n) is 7.91. The van der Waals surface area contributed by atoms with Gasteiger partial charge in [-0.3, -0.25) is 4.79 Å². The fraction of sp³-hybridized carbons (Fsp3) is 0.148. The lowest BCUT2D eigenvalue weighted by molar-refractivity contribution is -0.115. The minimum Gasteiger partial charge on any atom is -0.347 e. The van der Waals surface area contributed by atoms with Gasteiger partial charge in [0.1, 0.15) is 0 Å². The Morgan fingerprint density at radius 2 is 1.42 bits per heavy atom. The summed E-state index contributed by atoms with van der Waals surface area (Å²) in [5.41, 5.74) is 6.52. The van der Waals surface area contributed by atoms with Crippen LogP contribution in [0.3, 0.4) is 0 Å². The van der Waals surface area contributed by atoms with Crippen molar-refractivity contribution in [3.05, 3.63) is 96.3 Å². The first-order valence-corrected chi connectivity index (χ1v) is 10.7. The second kappa shape index (κ2) is 7.80. The number of aromatic nitrogens is 2. The Bertz CT molecular complexity index is 1390. The summed E-state index contributed by atoms with van der Waals surface area (Å²) in [4.78, 5) is 12.7. The van der Waals surface area contributed by atoms with Crippen molar-refractivity contribution >= 4 is 33.4 Å². The van der Waals surface area contributed by atoms with E-state index in [1.165, 1.54) is 16.6 Å². The zero-order valence-electron chi connectivity index (χ0n) is 17.8. The number of fused-ring (bicyclic) bond motifs is 2. The first kappa shape index (κ1) is 19.2. The van der Waals surface area contributed by atoms with Crippen molar-refractivity contribution in [2.75, 3.05) is 5.32 Å². The van der Waals surface area contributed by atoms with Crippen LogP contribution in [-0.2, 0) is 24.7 Å². The minimum atomic E-state index is -0.0145. The molecule has 4 nitrogen and oxygen atoms in total. The molecule has 5 aromatic rings. The van der Waals surface area contributed by atoms with E-state index in [2.05, 4.69) is 82.0 Å². The maximum absolute atomic E-state index is 12.7. The molecule has 154 valence electrons. The van der Waals surface area contributed by atoms with Crippen LogP contribution in [0.4, 0.5) is 5.69 Å². The Morgan fingerprint density at radius 1 is 0.806 bits per heavy atom. The molecule has 1 N–H and O–H groups in total. The van der Waals surface area contributed by atoms with Gasteiger partial charge in [-0.15, -0.1) is 0 Å². The smallest absolute Gasteiger partial charge is 0.230 e.